The number of halogens is 3. The van der Waals surface area contributed by atoms with E-state index in [0.717, 1.165) is 34.1 Å². The van der Waals surface area contributed by atoms with E-state index in [4.69, 9.17) is 0 Å². The first-order valence-electron chi connectivity index (χ1n) is 8.86. The highest BCUT2D eigenvalue weighted by atomic mass is 35.5. The fraction of sp³-hybridized carbons (Fsp3) is 0.136. The second kappa shape index (κ2) is 8.95. The molecule has 0 saturated carbocycles. The van der Waals surface area contributed by atoms with Gasteiger partial charge in [-0.3, -0.25) is 0 Å². The molecule has 0 fully saturated rings. The molecule has 0 amide bonds. The molecule has 1 aromatic heterocycles. The molecule has 0 saturated heterocycles. The summed E-state index contributed by atoms with van der Waals surface area (Å²) in [7, 11) is 0. The predicted molar refractivity (Wildman–Crippen MR) is 111 cm³/mol. The molecular formula is C22H20ClF2N3. The third-order valence-corrected chi connectivity index (χ3v) is 4.63. The molecule has 4 rings (SSSR count). The molecule has 6 heteroatoms. The maximum absolute atomic E-state index is 14.5. The Balaban J connectivity index is 0.00000225. The molecule has 144 valence electrons. The summed E-state index contributed by atoms with van der Waals surface area (Å²) < 4.78 is 27.4. The summed E-state index contributed by atoms with van der Waals surface area (Å²) in [6, 6.07) is 17.6. The maximum atomic E-state index is 14.5. The molecule has 0 bridgehead atoms. The van der Waals surface area contributed by atoms with Crippen LogP contribution in [0.5, 0.6) is 0 Å². The minimum absolute atomic E-state index is 0. The molecule has 3 aromatic carbocycles. The Morgan fingerprint density at radius 1 is 0.893 bits per heavy atom. The molecule has 28 heavy (non-hydrogen) atoms. The summed E-state index contributed by atoms with van der Waals surface area (Å²) in [6.45, 7) is 1.15. The number of aromatic amines is 1. The van der Waals surface area contributed by atoms with E-state index in [2.05, 4.69) is 15.3 Å². The SMILES string of the molecule is Cl.Fc1ccc(CCNCc2ccc(-c3ccc4[nH]cnc4c3)cc2F)cc1. The number of rotatable bonds is 6. The first kappa shape index (κ1) is 20.0. The Kier molecular flexibility index (Phi) is 6.39. The number of benzene rings is 3. The summed E-state index contributed by atoms with van der Waals surface area (Å²) in [5.41, 5.74) is 5.25. The van der Waals surface area contributed by atoms with Crippen LogP contribution >= 0.6 is 12.4 Å². The summed E-state index contributed by atoms with van der Waals surface area (Å²) in [5.74, 6) is -0.468. The van der Waals surface area contributed by atoms with Crippen molar-refractivity contribution in [2.75, 3.05) is 6.54 Å². The van der Waals surface area contributed by atoms with Gasteiger partial charge in [-0.05, 0) is 60.0 Å². The predicted octanol–water partition coefficient (Wildman–Crippen LogP) is 5.26. The van der Waals surface area contributed by atoms with Crippen LogP contribution < -0.4 is 5.32 Å². The average molecular weight is 400 g/mol. The van der Waals surface area contributed by atoms with E-state index in [1.54, 1.807) is 24.5 Å². The molecule has 2 N–H and O–H groups in total. The van der Waals surface area contributed by atoms with Crippen LogP contribution in [0.4, 0.5) is 8.78 Å². The average Bonchev–Trinajstić information content (AvgIpc) is 3.15. The molecule has 0 spiro atoms. The molecular weight excluding hydrogens is 380 g/mol. The van der Waals surface area contributed by atoms with Crippen molar-refractivity contribution in [1.29, 1.82) is 0 Å². The second-order valence-corrected chi connectivity index (χ2v) is 6.49. The normalized spacial score (nSPS) is 10.8. The zero-order valence-electron chi connectivity index (χ0n) is 15.1. The number of H-pyrrole nitrogens is 1. The lowest BCUT2D eigenvalue weighted by Gasteiger charge is -2.09. The van der Waals surface area contributed by atoms with Crippen LogP contribution in [-0.2, 0) is 13.0 Å². The first-order chi connectivity index (χ1) is 13.2. The lowest BCUT2D eigenvalue weighted by molar-refractivity contribution is 0.588. The van der Waals surface area contributed by atoms with E-state index in [9.17, 15) is 8.78 Å². The quantitative estimate of drug-likeness (QED) is 0.434. The molecule has 0 aliphatic carbocycles. The largest absolute Gasteiger partial charge is 0.345 e. The van der Waals surface area contributed by atoms with Crippen LogP contribution in [0, 0.1) is 11.6 Å². The van der Waals surface area contributed by atoms with Crippen LogP contribution in [0.2, 0.25) is 0 Å². The summed E-state index contributed by atoms with van der Waals surface area (Å²) in [5, 5.41) is 3.24. The van der Waals surface area contributed by atoms with Crippen molar-refractivity contribution in [2.24, 2.45) is 0 Å². The Labute approximate surface area is 168 Å². The fourth-order valence-corrected chi connectivity index (χ4v) is 3.09. The molecule has 0 atom stereocenters. The van der Waals surface area contributed by atoms with Crippen molar-refractivity contribution in [2.45, 2.75) is 13.0 Å². The van der Waals surface area contributed by atoms with Crippen LogP contribution in [-0.4, -0.2) is 16.5 Å². The molecule has 0 aliphatic rings. The van der Waals surface area contributed by atoms with Gasteiger partial charge in [-0.2, -0.15) is 0 Å². The Hall–Kier alpha value is -2.76. The number of nitrogens with one attached hydrogen (secondary N) is 2. The Morgan fingerprint density at radius 2 is 1.64 bits per heavy atom. The van der Waals surface area contributed by atoms with Gasteiger partial charge in [-0.1, -0.05) is 30.3 Å². The number of fused-ring (bicyclic) bond motifs is 1. The van der Waals surface area contributed by atoms with Crippen molar-refractivity contribution >= 4 is 23.4 Å². The molecule has 1 heterocycles. The smallest absolute Gasteiger partial charge is 0.128 e. The van der Waals surface area contributed by atoms with Gasteiger partial charge < -0.3 is 10.3 Å². The maximum Gasteiger partial charge on any atom is 0.128 e. The van der Waals surface area contributed by atoms with Gasteiger partial charge in [0.1, 0.15) is 11.6 Å². The summed E-state index contributed by atoms with van der Waals surface area (Å²) in [6.07, 6.45) is 2.42. The minimum atomic E-state index is -0.236. The molecule has 0 unspecified atom stereocenters. The van der Waals surface area contributed by atoms with Crippen LogP contribution in [0.3, 0.4) is 0 Å². The fourth-order valence-electron chi connectivity index (χ4n) is 3.09. The number of hydrogen-bond donors (Lipinski definition) is 2. The van der Waals surface area contributed by atoms with E-state index in [1.807, 2.05) is 30.3 Å². The Bertz CT molecular complexity index is 1060. The molecule has 4 aromatic rings. The summed E-state index contributed by atoms with van der Waals surface area (Å²) >= 11 is 0. The highest BCUT2D eigenvalue weighted by molar-refractivity contribution is 5.85. The third-order valence-electron chi connectivity index (χ3n) is 4.63. The topological polar surface area (TPSA) is 40.7 Å². The van der Waals surface area contributed by atoms with Crippen molar-refractivity contribution in [1.82, 2.24) is 15.3 Å². The van der Waals surface area contributed by atoms with Crippen LogP contribution in [0.25, 0.3) is 22.2 Å². The van der Waals surface area contributed by atoms with E-state index in [-0.39, 0.29) is 24.0 Å². The van der Waals surface area contributed by atoms with E-state index in [0.29, 0.717) is 18.7 Å². The molecule has 0 radical (unpaired) electrons. The van der Waals surface area contributed by atoms with Crippen LogP contribution in [0.15, 0.2) is 67.0 Å². The van der Waals surface area contributed by atoms with Crippen LogP contribution in [0.1, 0.15) is 11.1 Å². The van der Waals surface area contributed by atoms with E-state index >= 15 is 0 Å². The summed E-state index contributed by atoms with van der Waals surface area (Å²) in [4.78, 5) is 7.29. The van der Waals surface area contributed by atoms with Gasteiger partial charge in [0.2, 0.25) is 0 Å². The van der Waals surface area contributed by atoms with Gasteiger partial charge in [0.05, 0.1) is 17.4 Å². The van der Waals surface area contributed by atoms with Crippen molar-refractivity contribution in [3.8, 4) is 11.1 Å². The third kappa shape index (κ3) is 4.55. The number of nitrogens with zero attached hydrogens (tertiary/aromatic N) is 1. The zero-order chi connectivity index (χ0) is 18.6. The number of aromatic nitrogens is 2. The molecule has 3 nitrogen and oxygen atoms in total. The highest BCUT2D eigenvalue weighted by Crippen LogP contribution is 2.24. The van der Waals surface area contributed by atoms with Gasteiger partial charge >= 0.3 is 0 Å². The standard InChI is InChI=1S/C22H19F2N3.ClH/c23-19-6-1-15(2-7-19)9-10-25-13-18-4-3-16(11-20(18)24)17-5-8-21-22(12-17)27-14-26-21;/h1-8,11-12,14,25H,9-10,13H2,(H,26,27);1H. The van der Waals surface area contributed by atoms with Crippen molar-refractivity contribution in [3.63, 3.8) is 0 Å². The van der Waals surface area contributed by atoms with E-state index in [1.165, 1.54) is 12.1 Å². The number of imidazole rings is 1. The van der Waals surface area contributed by atoms with Gasteiger partial charge in [-0.15, -0.1) is 12.4 Å². The van der Waals surface area contributed by atoms with Gasteiger partial charge in [0.25, 0.3) is 0 Å². The van der Waals surface area contributed by atoms with Gasteiger partial charge in [-0.25, -0.2) is 13.8 Å². The lowest BCUT2D eigenvalue weighted by atomic mass is 10.0. The second-order valence-electron chi connectivity index (χ2n) is 6.49. The minimum Gasteiger partial charge on any atom is -0.345 e. The lowest BCUT2D eigenvalue weighted by Crippen LogP contribution is -2.17. The Morgan fingerprint density at radius 3 is 2.43 bits per heavy atom. The van der Waals surface area contributed by atoms with Gasteiger partial charge in [0.15, 0.2) is 0 Å². The van der Waals surface area contributed by atoms with Crippen molar-refractivity contribution < 1.29 is 8.78 Å². The first-order valence-corrected chi connectivity index (χ1v) is 8.86. The van der Waals surface area contributed by atoms with Crippen molar-refractivity contribution in [3.05, 3.63) is 89.8 Å². The van der Waals surface area contributed by atoms with Gasteiger partial charge in [0, 0.05) is 12.1 Å². The number of hydrogen-bond acceptors (Lipinski definition) is 2. The monoisotopic (exact) mass is 399 g/mol. The molecule has 0 aliphatic heterocycles. The zero-order valence-corrected chi connectivity index (χ0v) is 15.9. The van der Waals surface area contributed by atoms with E-state index < -0.39 is 0 Å². The highest BCUT2D eigenvalue weighted by Gasteiger charge is 2.07.